The van der Waals surface area contributed by atoms with Crippen molar-refractivity contribution in [1.29, 1.82) is 0 Å². The lowest BCUT2D eigenvalue weighted by atomic mass is 9.88. The van der Waals surface area contributed by atoms with Crippen LogP contribution in [0.25, 0.3) is 0 Å². The van der Waals surface area contributed by atoms with Gasteiger partial charge in [0, 0.05) is 25.0 Å². The zero-order valence-electron chi connectivity index (χ0n) is 12.8. The second kappa shape index (κ2) is 7.64. The van der Waals surface area contributed by atoms with Crippen LogP contribution in [0.4, 0.5) is 4.79 Å². The van der Waals surface area contributed by atoms with Crippen molar-refractivity contribution < 1.29 is 14.7 Å². The maximum atomic E-state index is 12.3. The Hall–Kier alpha value is -1.30. The molecule has 2 heterocycles. The minimum atomic E-state index is -0.722. The summed E-state index contributed by atoms with van der Waals surface area (Å²) in [5.74, 6) is -0.487. The molecule has 0 radical (unpaired) electrons. The van der Waals surface area contributed by atoms with Crippen molar-refractivity contribution in [2.75, 3.05) is 19.6 Å². The highest BCUT2D eigenvalue weighted by molar-refractivity contribution is 5.75. The largest absolute Gasteiger partial charge is 0.481 e. The zero-order valence-corrected chi connectivity index (χ0v) is 12.8. The van der Waals surface area contributed by atoms with Crippen LogP contribution in [0, 0.1) is 5.92 Å². The average Bonchev–Trinajstić information content (AvgIpc) is 2.69. The van der Waals surface area contributed by atoms with E-state index in [9.17, 15) is 9.59 Å². The molecule has 2 rings (SSSR count). The molecule has 0 aliphatic carbocycles. The van der Waals surface area contributed by atoms with Gasteiger partial charge in [-0.1, -0.05) is 6.92 Å². The van der Waals surface area contributed by atoms with Crippen LogP contribution in [0.3, 0.4) is 0 Å². The van der Waals surface area contributed by atoms with Crippen molar-refractivity contribution in [1.82, 2.24) is 15.5 Å². The summed E-state index contributed by atoms with van der Waals surface area (Å²) in [7, 11) is 0. The van der Waals surface area contributed by atoms with Crippen molar-refractivity contribution in [3.8, 4) is 0 Å². The summed E-state index contributed by atoms with van der Waals surface area (Å²) in [5, 5.41) is 15.2. The van der Waals surface area contributed by atoms with Gasteiger partial charge < -0.3 is 20.6 Å². The Balaban J connectivity index is 1.77. The van der Waals surface area contributed by atoms with Crippen molar-refractivity contribution in [3.05, 3.63) is 0 Å². The van der Waals surface area contributed by atoms with E-state index in [1.807, 2.05) is 4.90 Å². The topological polar surface area (TPSA) is 81.7 Å². The minimum absolute atomic E-state index is 0.0350. The van der Waals surface area contributed by atoms with Crippen LogP contribution in [0.1, 0.15) is 45.4 Å². The van der Waals surface area contributed by atoms with E-state index in [4.69, 9.17) is 5.11 Å². The first-order valence-corrected chi connectivity index (χ1v) is 8.10. The van der Waals surface area contributed by atoms with Gasteiger partial charge in [-0.25, -0.2) is 4.79 Å². The third-order valence-electron chi connectivity index (χ3n) is 4.59. The fraction of sp³-hybridized carbons (Fsp3) is 0.867. The summed E-state index contributed by atoms with van der Waals surface area (Å²) in [6.07, 6.45) is 4.90. The van der Waals surface area contributed by atoms with Crippen LogP contribution >= 0.6 is 0 Å². The predicted octanol–water partition coefficient (Wildman–Crippen LogP) is 1.41. The summed E-state index contributed by atoms with van der Waals surface area (Å²) in [6.45, 7) is 4.64. The average molecular weight is 297 g/mol. The standard InChI is InChI=1S/C15H27N3O3/c1-2-16-6-3-7-17-15(21)18-12-4-5-13(18)9-11(8-12)10-14(19)20/h11-13,16H,2-10H2,1H3,(H,17,21)(H,19,20). The number of rotatable bonds is 7. The van der Waals surface area contributed by atoms with Crippen molar-refractivity contribution in [3.63, 3.8) is 0 Å². The Labute approximate surface area is 126 Å². The number of nitrogens with one attached hydrogen (secondary N) is 2. The van der Waals surface area contributed by atoms with E-state index < -0.39 is 5.97 Å². The highest BCUT2D eigenvalue weighted by atomic mass is 16.4. The van der Waals surface area contributed by atoms with Crippen LogP contribution < -0.4 is 10.6 Å². The van der Waals surface area contributed by atoms with E-state index in [0.717, 1.165) is 45.2 Å². The number of hydrogen-bond acceptors (Lipinski definition) is 3. The molecule has 2 amide bonds. The summed E-state index contributed by atoms with van der Waals surface area (Å²) in [5.41, 5.74) is 0. The molecule has 2 unspecified atom stereocenters. The van der Waals surface area contributed by atoms with Crippen molar-refractivity contribution in [2.24, 2.45) is 5.92 Å². The number of amides is 2. The lowest BCUT2D eigenvalue weighted by molar-refractivity contribution is -0.138. The Bertz CT molecular complexity index is 361. The summed E-state index contributed by atoms with van der Waals surface area (Å²) < 4.78 is 0. The van der Waals surface area contributed by atoms with Crippen LogP contribution in [-0.4, -0.2) is 53.7 Å². The molecule has 2 fully saturated rings. The van der Waals surface area contributed by atoms with Gasteiger partial charge in [-0.3, -0.25) is 4.79 Å². The number of carboxylic acids is 1. The molecule has 21 heavy (non-hydrogen) atoms. The van der Waals surface area contributed by atoms with Crippen LogP contribution in [0.2, 0.25) is 0 Å². The third kappa shape index (κ3) is 4.33. The second-order valence-electron chi connectivity index (χ2n) is 6.17. The van der Waals surface area contributed by atoms with Gasteiger partial charge in [-0.15, -0.1) is 0 Å². The molecule has 2 bridgehead atoms. The molecule has 2 saturated heterocycles. The Morgan fingerprint density at radius 3 is 2.43 bits per heavy atom. The van der Waals surface area contributed by atoms with E-state index in [-0.39, 0.29) is 30.5 Å². The molecule has 0 aromatic rings. The third-order valence-corrected chi connectivity index (χ3v) is 4.59. The van der Waals surface area contributed by atoms with Gasteiger partial charge in [0.25, 0.3) is 0 Å². The van der Waals surface area contributed by atoms with Crippen molar-refractivity contribution >= 4 is 12.0 Å². The minimum Gasteiger partial charge on any atom is -0.481 e. The number of aliphatic carboxylic acids is 1. The second-order valence-corrected chi connectivity index (χ2v) is 6.17. The Morgan fingerprint density at radius 2 is 1.86 bits per heavy atom. The highest BCUT2D eigenvalue weighted by Crippen LogP contribution is 2.39. The first-order chi connectivity index (χ1) is 10.1. The monoisotopic (exact) mass is 297 g/mol. The van der Waals surface area contributed by atoms with Gasteiger partial charge in [-0.05, 0) is 51.1 Å². The molecule has 120 valence electrons. The van der Waals surface area contributed by atoms with Crippen LogP contribution in [0.5, 0.6) is 0 Å². The molecule has 0 aromatic carbocycles. The summed E-state index contributed by atoms with van der Waals surface area (Å²) >= 11 is 0. The van der Waals surface area contributed by atoms with E-state index >= 15 is 0 Å². The lowest BCUT2D eigenvalue weighted by Gasteiger charge is -2.38. The first-order valence-electron chi connectivity index (χ1n) is 8.10. The van der Waals surface area contributed by atoms with E-state index in [1.54, 1.807) is 0 Å². The zero-order chi connectivity index (χ0) is 15.2. The number of nitrogens with zero attached hydrogens (tertiary/aromatic N) is 1. The van der Waals surface area contributed by atoms with E-state index in [1.165, 1.54) is 0 Å². The summed E-state index contributed by atoms with van der Waals surface area (Å²) in [4.78, 5) is 25.1. The lowest BCUT2D eigenvalue weighted by Crippen LogP contribution is -2.51. The van der Waals surface area contributed by atoms with E-state index in [0.29, 0.717) is 6.54 Å². The molecule has 0 spiro atoms. The number of hydrogen-bond donors (Lipinski definition) is 3. The molecule has 2 atom stereocenters. The van der Waals surface area contributed by atoms with Gasteiger partial charge in [-0.2, -0.15) is 0 Å². The molecule has 2 aliphatic rings. The SMILES string of the molecule is CCNCCCNC(=O)N1C2CCC1CC(CC(=O)O)C2. The quantitative estimate of drug-likeness (QED) is 0.621. The maximum absolute atomic E-state index is 12.3. The molecule has 0 saturated carbocycles. The molecule has 2 aliphatic heterocycles. The van der Waals surface area contributed by atoms with Gasteiger partial charge in [0.05, 0.1) is 0 Å². The van der Waals surface area contributed by atoms with E-state index in [2.05, 4.69) is 17.6 Å². The van der Waals surface area contributed by atoms with Gasteiger partial charge >= 0.3 is 12.0 Å². The summed E-state index contributed by atoms with van der Waals surface area (Å²) in [6, 6.07) is 0.511. The van der Waals surface area contributed by atoms with Crippen molar-refractivity contribution in [2.45, 2.75) is 57.5 Å². The Kier molecular flexibility index (Phi) is 5.85. The predicted molar refractivity (Wildman–Crippen MR) is 80.2 cm³/mol. The van der Waals surface area contributed by atoms with Gasteiger partial charge in [0.2, 0.25) is 0 Å². The number of fused-ring (bicyclic) bond motifs is 2. The number of urea groups is 1. The van der Waals surface area contributed by atoms with Crippen LogP contribution in [0.15, 0.2) is 0 Å². The molecule has 0 aromatic heterocycles. The van der Waals surface area contributed by atoms with Crippen LogP contribution in [-0.2, 0) is 4.79 Å². The smallest absolute Gasteiger partial charge is 0.317 e. The number of piperidine rings is 1. The fourth-order valence-electron chi connectivity index (χ4n) is 3.71. The molecular weight excluding hydrogens is 270 g/mol. The number of carboxylic acid groups (broad SMARTS) is 1. The fourth-order valence-corrected chi connectivity index (χ4v) is 3.71. The Morgan fingerprint density at radius 1 is 1.19 bits per heavy atom. The first kappa shape index (κ1) is 16.1. The molecule has 3 N–H and O–H groups in total. The normalized spacial score (nSPS) is 27.7. The molecule has 6 nitrogen and oxygen atoms in total. The van der Waals surface area contributed by atoms with Gasteiger partial charge in [0.1, 0.15) is 0 Å². The van der Waals surface area contributed by atoms with Gasteiger partial charge in [0.15, 0.2) is 0 Å². The number of carbonyl (C=O) groups excluding carboxylic acids is 1. The maximum Gasteiger partial charge on any atom is 0.317 e. The molecular formula is C15H27N3O3. The number of carbonyl (C=O) groups is 2. The molecule has 6 heteroatoms. The highest BCUT2D eigenvalue weighted by Gasteiger charge is 2.43.